The zero-order valence-corrected chi connectivity index (χ0v) is 7.45. The Labute approximate surface area is 72.6 Å². The fourth-order valence-electron chi connectivity index (χ4n) is 1.91. The lowest BCUT2D eigenvalue weighted by atomic mass is 10.1. The maximum Gasteiger partial charge on any atom is 0.0540 e. The number of rotatable bonds is 0. The Morgan fingerprint density at radius 3 is 3.25 bits per heavy atom. The van der Waals surface area contributed by atoms with Crippen LogP contribution < -0.4 is 5.73 Å². The molecule has 0 saturated carbocycles. The van der Waals surface area contributed by atoms with Gasteiger partial charge in [0.05, 0.1) is 6.20 Å². The third kappa shape index (κ3) is 1.14. The van der Waals surface area contributed by atoms with Gasteiger partial charge in [0.1, 0.15) is 0 Å². The molecule has 1 atom stereocenters. The van der Waals surface area contributed by atoms with E-state index in [-0.39, 0.29) is 6.04 Å². The molecule has 66 valence electrons. The fourth-order valence-corrected chi connectivity index (χ4v) is 1.91. The van der Waals surface area contributed by atoms with Crippen LogP contribution in [-0.4, -0.2) is 9.78 Å². The molecule has 1 aromatic heterocycles. The van der Waals surface area contributed by atoms with E-state index < -0.39 is 0 Å². The van der Waals surface area contributed by atoms with Gasteiger partial charge in [0.15, 0.2) is 0 Å². The van der Waals surface area contributed by atoms with Crippen molar-refractivity contribution in [2.45, 2.75) is 31.7 Å². The number of nitrogens with zero attached hydrogens (tertiary/aromatic N) is 2. The molecule has 0 saturated heterocycles. The highest BCUT2D eigenvalue weighted by atomic mass is 15.3. The number of fused-ring (bicyclic) bond motifs is 1. The summed E-state index contributed by atoms with van der Waals surface area (Å²) in [5.41, 5.74) is 8.60. The van der Waals surface area contributed by atoms with Gasteiger partial charge in [0.25, 0.3) is 0 Å². The molecule has 0 aromatic carbocycles. The average molecular weight is 165 g/mol. The molecule has 0 amide bonds. The van der Waals surface area contributed by atoms with Crippen LogP contribution in [0.15, 0.2) is 6.20 Å². The largest absolute Gasteiger partial charge is 0.324 e. The highest BCUT2D eigenvalue weighted by molar-refractivity contribution is 5.22. The standard InChI is InChI=1S/C9H15N3/c1-12-9-5-3-2-4-8(10)7(9)6-11-12/h6,8H,2-5,10H2,1H3. The summed E-state index contributed by atoms with van der Waals surface area (Å²) in [6.07, 6.45) is 6.67. The number of nitrogens with two attached hydrogens (primary N) is 1. The molecule has 3 nitrogen and oxygen atoms in total. The van der Waals surface area contributed by atoms with Crippen LogP contribution in [0.2, 0.25) is 0 Å². The summed E-state index contributed by atoms with van der Waals surface area (Å²) in [5, 5.41) is 4.23. The van der Waals surface area contributed by atoms with Gasteiger partial charge in [-0.25, -0.2) is 0 Å². The van der Waals surface area contributed by atoms with Crippen LogP contribution in [0, 0.1) is 0 Å². The Morgan fingerprint density at radius 2 is 2.42 bits per heavy atom. The molecule has 0 bridgehead atoms. The van der Waals surface area contributed by atoms with E-state index in [1.165, 1.54) is 24.1 Å². The van der Waals surface area contributed by atoms with Crippen LogP contribution in [-0.2, 0) is 13.5 Å². The van der Waals surface area contributed by atoms with Gasteiger partial charge in [-0.2, -0.15) is 5.10 Å². The quantitative estimate of drug-likeness (QED) is 0.586. The number of aromatic nitrogens is 2. The molecule has 1 aromatic rings. The topological polar surface area (TPSA) is 43.8 Å². The molecule has 0 aliphatic heterocycles. The molecular formula is C9H15N3. The molecule has 0 radical (unpaired) electrons. The van der Waals surface area contributed by atoms with Gasteiger partial charge < -0.3 is 5.73 Å². The first-order valence-electron chi connectivity index (χ1n) is 4.55. The zero-order chi connectivity index (χ0) is 8.55. The molecule has 1 heterocycles. The highest BCUT2D eigenvalue weighted by Gasteiger charge is 2.17. The number of hydrogen-bond acceptors (Lipinski definition) is 2. The first-order chi connectivity index (χ1) is 5.79. The summed E-state index contributed by atoms with van der Waals surface area (Å²) < 4.78 is 1.96. The maximum absolute atomic E-state index is 6.01. The summed E-state index contributed by atoms with van der Waals surface area (Å²) in [7, 11) is 2.00. The second-order valence-corrected chi connectivity index (χ2v) is 3.52. The highest BCUT2D eigenvalue weighted by Crippen LogP contribution is 2.25. The predicted octanol–water partition coefficient (Wildman–Crippen LogP) is 1.15. The van der Waals surface area contributed by atoms with Crippen LogP contribution in [0.25, 0.3) is 0 Å². The summed E-state index contributed by atoms with van der Waals surface area (Å²) in [6, 6.07) is 0.219. The number of hydrogen-bond donors (Lipinski definition) is 1. The second kappa shape index (κ2) is 2.90. The van der Waals surface area contributed by atoms with Crippen molar-refractivity contribution in [3.63, 3.8) is 0 Å². The Balaban J connectivity index is 2.41. The Hall–Kier alpha value is -0.830. The second-order valence-electron chi connectivity index (χ2n) is 3.52. The molecule has 3 heteroatoms. The van der Waals surface area contributed by atoms with Crippen molar-refractivity contribution in [3.05, 3.63) is 17.5 Å². The van der Waals surface area contributed by atoms with Crippen molar-refractivity contribution in [1.29, 1.82) is 0 Å². The molecule has 0 fully saturated rings. The van der Waals surface area contributed by atoms with Crippen LogP contribution in [0.5, 0.6) is 0 Å². The van der Waals surface area contributed by atoms with Crippen LogP contribution >= 0.6 is 0 Å². The molecular weight excluding hydrogens is 150 g/mol. The van der Waals surface area contributed by atoms with Gasteiger partial charge in [0, 0.05) is 24.3 Å². The predicted molar refractivity (Wildman–Crippen MR) is 47.7 cm³/mol. The van der Waals surface area contributed by atoms with Crippen molar-refractivity contribution < 1.29 is 0 Å². The normalized spacial score (nSPS) is 23.3. The summed E-state index contributed by atoms with van der Waals surface area (Å²) in [5.74, 6) is 0. The van der Waals surface area contributed by atoms with Gasteiger partial charge in [0.2, 0.25) is 0 Å². The van der Waals surface area contributed by atoms with Gasteiger partial charge in [-0.1, -0.05) is 6.42 Å². The fraction of sp³-hybridized carbons (Fsp3) is 0.667. The Bertz CT molecular complexity index is 277. The van der Waals surface area contributed by atoms with E-state index in [0.717, 1.165) is 12.8 Å². The van der Waals surface area contributed by atoms with Gasteiger partial charge in [-0.15, -0.1) is 0 Å². The lowest BCUT2D eigenvalue weighted by Gasteiger charge is -2.06. The van der Waals surface area contributed by atoms with Crippen LogP contribution in [0.1, 0.15) is 36.6 Å². The van der Waals surface area contributed by atoms with E-state index in [2.05, 4.69) is 5.10 Å². The molecule has 2 N–H and O–H groups in total. The molecule has 1 aliphatic rings. The van der Waals surface area contributed by atoms with E-state index in [4.69, 9.17) is 5.73 Å². The van der Waals surface area contributed by atoms with Gasteiger partial charge >= 0.3 is 0 Å². The lowest BCUT2D eigenvalue weighted by Crippen LogP contribution is -2.09. The minimum atomic E-state index is 0.219. The third-order valence-corrected chi connectivity index (χ3v) is 2.67. The number of aryl methyl sites for hydroxylation is 1. The van der Waals surface area contributed by atoms with Crippen molar-refractivity contribution in [3.8, 4) is 0 Å². The molecule has 1 unspecified atom stereocenters. The first kappa shape index (κ1) is 7.80. The van der Waals surface area contributed by atoms with E-state index in [0.29, 0.717) is 0 Å². The van der Waals surface area contributed by atoms with Gasteiger partial charge in [-0.05, 0) is 19.3 Å². The molecule has 2 rings (SSSR count). The van der Waals surface area contributed by atoms with E-state index in [1.807, 2.05) is 17.9 Å². The Morgan fingerprint density at radius 1 is 1.58 bits per heavy atom. The van der Waals surface area contributed by atoms with Crippen molar-refractivity contribution in [2.75, 3.05) is 0 Å². The molecule has 1 aliphatic carbocycles. The SMILES string of the molecule is Cn1ncc2c1CCCCC2N. The third-order valence-electron chi connectivity index (χ3n) is 2.67. The van der Waals surface area contributed by atoms with E-state index in [9.17, 15) is 0 Å². The van der Waals surface area contributed by atoms with E-state index >= 15 is 0 Å². The minimum Gasteiger partial charge on any atom is -0.324 e. The smallest absolute Gasteiger partial charge is 0.0540 e. The van der Waals surface area contributed by atoms with Crippen molar-refractivity contribution >= 4 is 0 Å². The Kier molecular flexibility index (Phi) is 1.89. The molecule has 0 spiro atoms. The van der Waals surface area contributed by atoms with Gasteiger partial charge in [-0.3, -0.25) is 4.68 Å². The summed E-state index contributed by atoms with van der Waals surface area (Å²) in [4.78, 5) is 0. The summed E-state index contributed by atoms with van der Waals surface area (Å²) in [6.45, 7) is 0. The minimum absolute atomic E-state index is 0.219. The van der Waals surface area contributed by atoms with Crippen LogP contribution in [0.3, 0.4) is 0 Å². The van der Waals surface area contributed by atoms with E-state index in [1.54, 1.807) is 0 Å². The zero-order valence-electron chi connectivity index (χ0n) is 7.45. The molecule has 12 heavy (non-hydrogen) atoms. The first-order valence-corrected chi connectivity index (χ1v) is 4.55. The summed E-state index contributed by atoms with van der Waals surface area (Å²) >= 11 is 0. The van der Waals surface area contributed by atoms with Crippen LogP contribution in [0.4, 0.5) is 0 Å². The monoisotopic (exact) mass is 165 g/mol. The average Bonchev–Trinajstić information content (AvgIpc) is 2.30. The maximum atomic E-state index is 6.01. The lowest BCUT2D eigenvalue weighted by molar-refractivity contribution is 0.609. The van der Waals surface area contributed by atoms with Crippen molar-refractivity contribution in [1.82, 2.24) is 9.78 Å². The van der Waals surface area contributed by atoms with Crippen molar-refractivity contribution in [2.24, 2.45) is 12.8 Å².